The van der Waals surface area contributed by atoms with Crippen molar-refractivity contribution in [1.29, 1.82) is 0 Å². The summed E-state index contributed by atoms with van der Waals surface area (Å²) in [7, 11) is 0. The molecule has 2 aliphatic rings. The van der Waals surface area contributed by atoms with Crippen molar-refractivity contribution >= 4 is 17.2 Å². The highest BCUT2D eigenvalue weighted by atomic mass is 32.1. The minimum absolute atomic E-state index is 0.127. The van der Waals surface area contributed by atoms with Crippen LogP contribution in [0.5, 0.6) is 11.5 Å². The second kappa shape index (κ2) is 7.38. The van der Waals surface area contributed by atoms with Gasteiger partial charge < -0.3 is 20.1 Å². The zero-order chi connectivity index (χ0) is 17.1. The Bertz CT molecular complexity index is 758. The molecule has 0 aliphatic carbocycles. The van der Waals surface area contributed by atoms with Crippen LogP contribution >= 0.6 is 11.3 Å². The van der Waals surface area contributed by atoms with E-state index in [-0.39, 0.29) is 12.7 Å². The number of carbonyl (C=O) groups excluding carboxylic acids is 1. The number of hydrogen-bond donors (Lipinski definition) is 2. The van der Waals surface area contributed by atoms with Gasteiger partial charge in [-0.3, -0.25) is 9.69 Å². The molecule has 0 bridgehead atoms. The third-order valence-electron chi connectivity index (χ3n) is 4.28. The molecule has 132 valence electrons. The monoisotopic (exact) mass is 360 g/mol. The molecular weight excluding hydrogens is 340 g/mol. The molecule has 25 heavy (non-hydrogen) atoms. The van der Waals surface area contributed by atoms with Crippen molar-refractivity contribution in [3.63, 3.8) is 0 Å². The fourth-order valence-electron chi connectivity index (χ4n) is 2.89. The lowest BCUT2D eigenvalue weighted by Gasteiger charge is -2.26. The number of benzene rings is 1. The Morgan fingerprint density at radius 3 is 3.00 bits per heavy atom. The molecule has 1 aromatic carbocycles. The number of hydrogen-bond acceptors (Lipinski definition) is 7. The van der Waals surface area contributed by atoms with Gasteiger partial charge in [0, 0.05) is 50.2 Å². The van der Waals surface area contributed by atoms with Gasteiger partial charge in [-0.2, -0.15) is 0 Å². The van der Waals surface area contributed by atoms with Crippen molar-refractivity contribution < 1.29 is 14.3 Å². The lowest BCUT2D eigenvalue weighted by Crippen LogP contribution is -2.46. The summed E-state index contributed by atoms with van der Waals surface area (Å²) < 4.78 is 10.7. The smallest absolute Gasteiger partial charge is 0.270 e. The summed E-state index contributed by atoms with van der Waals surface area (Å²) >= 11 is 1.45. The molecule has 2 aromatic rings. The molecule has 8 heteroatoms. The van der Waals surface area contributed by atoms with Crippen LogP contribution in [0.1, 0.15) is 10.5 Å². The van der Waals surface area contributed by atoms with E-state index in [1.54, 1.807) is 5.38 Å². The number of rotatable bonds is 5. The standard InChI is InChI=1S/C17H20N4O3S/c22-16(19-5-8-21-6-3-18-4-7-21)13-10-25-17(20-13)12-1-2-14-15(9-12)24-11-23-14/h1-2,9-10,18H,3-8,11H2,(H,19,22). The van der Waals surface area contributed by atoms with Crippen LogP contribution in [0.2, 0.25) is 0 Å². The lowest BCUT2D eigenvalue weighted by atomic mass is 10.2. The van der Waals surface area contributed by atoms with Gasteiger partial charge in [0.1, 0.15) is 10.7 Å². The predicted molar refractivity (Wildman–Crippen MR) is 95.3 cm³/mol. The first-order chi connectivity index (χ1) is 12.3. The molecule has 1 saturated heterocycles. The summed E-state index contributed by atoms with van der Waals surface area (Å²) in [5, 5.41) is 8.86. The van der Waals surface area contributed by atoms with Gasteiger partial charge in [-0.25, -0.2) is 4.98 Å². The van der Waals surface area contributed by atoms with Gasteiger partial charge in [0.25, 0.3) is 5.91 Å². The number of thiazole rings is 1. The van der Waals surface area contributed by atoms with Crippen molar-refractivity contribution in [2.24, 2.45) is 0 Å². The third kappa shape index (κ3) is 3.76. The van der Waals surface area contributed by atoms with Crippen LogP contribution < -0.4 is 20.1 Å². The molecule has 0 radical (unpaired) electrons. The van der Waals surface area contributed by atoms with Crippen molar-refractivity contribution in [3.8, 4) is 22.1 Å². The fraction of sp³-hybridized carbons (Fsp3) is 0.412. The van der Waals surface area contributed by atoms with Gasteiger partial charge in [0.2, 0.25) is 6.79 Å². The van der Waals surface area contributed by atoms with E-state index in [0.29, 0.717) is 12.2 Å². The zero-order valence-electron chi connectivity index (χ0n) is 13.8. The quantitative estimate of drug-likeness (QED) is 0.834. The zero-order valence-corrected chi connectivity index (χ0v) is 14.6. The number of aromatic nitrogens is 1. The molecule has 1 aromatic heterocycles. The first-order valence-electron chi connectivity index (χ1n) is 8.36. The number of fused-ring (bicyclic) bond motifs is 1. The molecule has 2 N–H and O–H groups in total. The average molecular weight is 360 g/mol. The summed E-state index contributed by atoms with van der Waals surface area (Å²) in [6, 6.07) is 5.69. The van der Waals surface area contributed by atoms with Crippen molar-refractivity contribution in [3.05, 3.63) is 29.3 Å². The molecule has 4 rings (SSSR count). The first kappa shape index (κ1) is 16.3. The Morgan fingerprint density at radius 2 is 2.12 bits per heavy atom. The maximum absolute atomic E-state index is 12.3. The highest BCUT2D eigenvalue weighted by Gasteiger charge is 2.17. The Hall–Kier alpha value is -2.16. The maximum atomic E-state index is 12.3. The first-order valence-corrected chi connectivity index (χ1v) is 9.24. The van der Waals surface area contributed by atoms with E-state index >= 15 is 0 Å². The minimum Gasteiger partial charge on any atom is -0.454 e. The minimum atomic E-state index is -0.127. The third-order valence-corrected chi connectivity index (χ3v) is 5.17. The van der Waals surface area contributed by atoms with E-state index in [0.717, 1.165) is 54.8 Å². The van der Waals surface area contributed by atoms with Crippen LogP contribution in [-0.4, -0.2) is 61.9 Å². The van der Waals surface area contributed by atoms with Crippen LogP contribution in [0, 0.1) is 0 Å². The summed E-state index contributed by atoms with van der Waals surface area (Å²) in [5.74, 6) is 1.33. The fourth-order valence-corrected chi connectivity index (χ4v) is 3.69. The molecule has 7 nitrogen and oxygen atoms in total. The molecule has 0 atom stereocenters. The van der Waals surface area contributed by atoms with E-state index in [2.05, 4.69) is 20.5 Å². The predicted octanol–water partition coefficient (Wildman–Crippen LogP) is 1.17. The average Bonchev–Trinajstić information content (AvgIpc) is 3.31. The Kier molecular flexibility index (Phi) is 4.82. The van der Waals surface area contributed by atoms with E-state index in [1.807, 2.05) is 18.2 Å². The highest BCUT2D eigenvalue weighted by Crippen LogP contribution is 2.36. The van der Waals surface area contributed by atoms with E-state index in [4.69, 9.17) is 9.47 Å². The van der Waals surface area contributed by atoms with Crippen LogP contribution in [0.4, 0.5) is 0 Å². The highest BCUT2D eigenvalue weighted by molar-refractivity contribution is 7.13. The van der Waals surface area contributed by atoms with Gasteiger partial charge in [-0.1, -0.05) is 0 Å². The maximum Gasteiger partial charge on any atom is 0.270 e. The van der Waals surface area contributed by atoms with Crippen LogP contribution in [0.25, 0.3) is 10.6 Å². The van der Waals surface area contributed by atoms with Crippen LogP contribution in [0.15, 0.2) is 23.6 Å². The van der Waals surface area contributed by atoms with Gasteiger partial charge >= 0.3 is 0 Å². The summed E-state index contributed by atoms with van der Waals surface area (Å²) in [6.07, 6.45) is 0. The molecule has 0 unspecified atom stereocenters. The van der Waals surface area contributed by atoms with E-state index < -0.39 is 0 Å². The normalized spacial score (nSPS) is 16.8. The van der Waals surface area contributed by atoms with Gasteiger partial charge in [0.15, 0.2) is 11.5 Å². The Balaban J connectivity index is 1.34. The van der Waals surface area contributed by atoms with Gasteiger partial charge in [-0.05, 0) is 18.2 Å². The SMILES string of the molecule is O=C(NCCN1CCNCC1)c1csc(-c2ccc3c(c2)OCO3)n1. The molecule has 0 spiro atoms. The van der Waals surface area contributed by atoms with Gasteiger partial charge in [0.05, 0.1) is 0 Å². The van der Waals surface area contributed by atoms with E-state index in [1.165, 1.54) is 11.3 Å². The number of nitrogens with zero attached hydrogens (tertiary/aromatic N) is 2. The summed E-state index contributed by atoms with van der Waals surface area (Å²) in [4.78, 5) is 19.1. The molecule has 2 aliphatic heterocycles. The summed E-state index contributed by atoms with van der Waals surface area (Å²) in [5.41, 5.74) is 1.38. The Morgan fingerprint density at radius 1 is 1.28 bits per heavy atom. The second-order valence-electron chi connectivity index (χ2n) is 5.95. The second-order valence-corrected chi connectivity index (χ2v) is 6.81. The topological polar surface area (TPSA) is 75.7 Å². The molecule has 1 amide bonds. The molecule has 3 heterocycles. The number of carbonyl (C=O) groups is 1. The number of ether oxygens (including phenoxy) is 2. The number of nitrogens with one attached hydrogen (secondary N) is 2. The molecule has 0 saturated carbocycles. The van der Waals surface area contributed by atoms with Crippen LogP contribution in [-0.2, 0) is 0 Å². The van der Waals surface area contributed by atoms with Crippen molar-refractivity contribution in [2.45, 2.75) is 0 Å². The molecule has 1 fully saturated rings. The van der Waals surface area contributed by atoms with Crippen molar-refractivity contribution in [1.82, 2.24) is 20.5 Å². The number of amides is 1. The largest absolute Gasteiger partial charge is 0.454 e. The van der Waals surface area contributed by atoms with E-state index in [9.17, 15) is 4.79 Å². The van der Waals surface area contributed by atoms with Crippen molar-refractivity contribution in [2.75, 3.05) is 46.1 Å². The van der Waals surface area contributed by atoms with Gasteiger partial charge in [-0.15, -0.1) is 11.3 Å². The van der Waals surface area contributed by atoms with Crippen LogP contribution in [0.3, 0.4) is 0 Å². The Labute approximate surface area is 150 Å². The molecular formula is C17H20N4O3S. The number of piperazine rings is 1. The summed E-state index contributed by atoms with van der Waals surface area (Å²) in [6.45, 7) is 5.83. The lowest BCUT2D eigenvalue weighted by molar-refractivity contribution is 0.0943.